The lowest BCUT2D eigenvalue weighted by atomic mass is 10.4. The molecule has 0 aliphatic carbocycles. The Labute approximate surface area is 98.6 Å². The smallest absolute Gasteiger partial charge is 0.118 e. The largest absolute Gasteiger partial charge is 0.808 e. The Morgan fingerprint density at radius 1 is 1.06 bits per heavy atom. The Hall–Kier alpha value is 0.220. The second-order valence-electron chi connectivity index (χ2n) is 4.07. The number of hydrogen-bond acceptors (Lipinski definition) is 8. The molecule has 1 fully saturated rings. The summed E-state index contributed by atoms with van der Waals surface area (Å²) >= 11 is 0. The van der Waals surface area contributed by atoms with Gasteiger partial charge in [-0.15, -0.1) is 0 Å². The molecule has 0 unspecified atom stereocenters. The highest BCUT2D eigenvalue weighted by atomic mass is 31.2. The van der Waals surface area contributed by atoms with Crippen LogP contribution in [0.3, 0.4) is 0 Å². The van der Waals surface area contributed by atoms with Gasteiger partial charge in [-0.3, -0.25) is 0 Å². The molecule has 0 amide bonds. The van der Waals surface area contributed by atoms with Crippen LogP contribution in [0.15, 0.2) is 0 Å². The van der Waals surface area contributed by atoms with E-state index in [9.17, 15) is 33.8 Å². The first-order valence-corrected chi connectivity index (χ1v) is 8.15. The summed E-state index contributed by atoms with van der Waals surface area (Å²) in [7, 11) is -11.9. The lowest BCUT2D eigenvalue weighted by molar-refractivity contribution is -0.349. The first kappa shape index (κ1) is 15.3. The molecule has 10 heteroatoms. The van der Waals surface area contributed by atoms with Gasteiger partial charge in [0.2, 0.25) is 0 Å². The third-order valence-electron chi connectivity index (χ3n) is 2.84. The number of hydrogen-bond donors (Lipinski definition) is 1. The van der Waals surface area contributed by atoms with Crippen LogP contribution in [0, 0.1) is 0 Å². The highest BCUT2D eigenvalue weighted by Gasteiger charge is 2.35. The van der Waals surface area contributed by atoms with Crippen LogP contribution in [-0.4, -0.2) is 34.7 Å². The van der Waals surface area contributed by atoms with Gasteiger partial charge in [-0.1, -0.05) is 0 Å². The van der Waals surface area contributed by atoms with Gasteiger partial charge in [-0.25, -0.2) is 0 Å². The average molecular weight is 285 g/mol. The van der Waals surface area contributed by atoms with Crippen LogP contribution in [-0.2, 0) is 9.13 Å². The van der Waals surface area contributed by atoms with E-state index >= 15 is 0 Å². The highest BCUT2D eigenvalue weighted by Crippen LogP contribution is 2.60. The molecule has 0 saturated carbocycles. The molecule has 1 rings (SSSR count). The molecule has 0 bridgehead atoms. The Balaban J connectivity index is 2.78. The molecule has 0 aromatic heterocycles. The van der Waals surface area contributed by atoms with Gasteiger partial charge in [0, 0.05) is 6.54 Å². The van der Waals surface area contributed by atoms with Crippen LogP contribution in [0.1, 0.15) is 19.3 Å². The van der Waals surface area contributed by atoms with Crippen molar-refractivity contribution in [1.29, 1.82) is 0 Å². The molecule has 1 aliphatic heterocycles. The minimum absolute atomic E-state index is 0.112. The van der Waals surface area contributed by atoms with Gasteiger partial charge < -0.3 is 38.7 Å². The predicted octanol–water partition coefficient (Wildman–Crippen LogP) is -3.05. The second-order valence-corrected chi connectivity index (χ2v) is 7.89. The van der Waals surface area contributed by atoms with Gasteiger partial charge in [-0.05, 0) is 47.5 Å². The third kappa shape index (κ3) is 3.36. The first-order valence-electron chi connectivity index (χ1n) is 5.07. The molecule has 17 heavy (non-hydrogen) atoms. The van der Waals surface area contributed by atoms with E-state index in [2.05, 4.69) is 0 Å². The van der Waals surface area contributed by atoms with E-state index in [1.165, 1.54) is 0 Å². The molecule has 0 aromatic carbocycles. The van der Waals surface area contributed by atoms with Crippen molar-refractivity contribution in [3.63, 3.8) is 0 Å². The summed E-state index contributed by atoms with van der Waals surface area (Å²) < 4.78 is 21.5. The van der Waals surface area contributed by atoms with Crippen molar-refractivity contribution in [2.75, 3.05) is 19.6 Å². The van der Waals surface area contributed by atoms with Crippen molar-refractivity contribution < 1.29 is 33.8 Å². The fourth-order valence-corrected chi connectivity index (χ4v) is 3.69. The maximum absolute atomic E-state index is 10.7. The van der Waals surface area contributed by atoms with Crippen LogP contribution in [0.2, 0.25) is 0 Å². The van der Waals surface area contributed by atoms with Crippen LogP contribution in [0.4, 0.5) is 0 Å². The zero-order chi connectivity index (χ0) is 13.3. The van der Waals surface area contributed by atoms with Gasteiger partial charge >= 0.3 is 0 Å². The Morgan fingerprint density at radius 3 is 1.82 bits per heavy atom. The molecular formula is C7H13NO7P2-4. The number of aliphatic hydroxyl groups is 1. The Bertz CT molecular complexity index is 333. The van der Waals surface area contributed by atoms with E-state index in [4.69, 9.17) is 0 Å². The van der Waals surface area contributed by atoms with E-state index in [1.54, 1.807) is 4.90 Å². The monoisotopic (exact) mass is 285 g/mol. The van der Waals surface area contributed by atoms with Gasteiger partial charge in [0.15, 0.2) is 0 Å². The maximum atomic E-state index is 10.7. The summed E-state index contributed by atoms with van der Waals surface area (Å²) in [6.07, 6.45) is 0.843. The van der Waals surface area contributed by atoms with Crippen LogP contribution >= 0.6 is 15.2 Å². The molecule has 1 N–H and O–H groups in total. The topological polar surface area (TPSA) is 150 Å². The van der Waals surface area contributed by atoms with Gasteiger partial charge in [0.05, 0.1) is 0 Å². The SMILES string of the molecule is O=P([O-])([O-])C(O)(CCN1CCCC1)P(=O)([O-])[O-]. The molecule has 1 saturated heterocycles. The summed E-state index contributed by atoms with van der Waals surface area (Å²) in [5.74, 6) is 0. The molecule has 8 nitrogen and oxygen atoms in total. The molecular weight excluding hydrogens is 272 g/mol. The van der Waals surface area contributed by atoms with Gasteiger partial charge in [0.25, 0.3) is 0 Å². The minimum Gasteiger partial charge on any atom is -0.808 e. The van der Waals surface area contributed by atoms with Crippen molar-refractivity contribution in [3.8, 4) is 0 Å². The average Bonchev–Trinajstić information content (AvgIpc) is 2.62. The number of rotatable bonds is 5. The van der Waals surface area contributed by atoms with Crippen molar-refractivity contribution in [2.24, 2.45) is 0 Å². The summed E-state index contributed by atoms with van der Waals surface area (Å²) in [5, 5.41) is 5.62. The molecule has 0 atom stereocenters. The summed E-state index contributed by atoms with van der Waals surface area (Å²) in [4.78, 5) is 44.6. The summed E-state index contributed by atoms with van der Waals surface area (Å²) in [5.41, 5.74) is 0. The summed E-state index contributed by atoms with van der Waals surface area (Å²) in [6.45, 7) is 1.14. The molecule has 0 radical (unpaired) electrons. The van der Waals surface area contributed by atoms with E-state index in [1.807, 2.05) is 0 Å². The van der Waals surface area contributed by atoms with E-state index in [0.29, 0.717) is 13.1 Å². The normalized spacial score (nSPS) is 19.8. The fraction of sp³-hybridized carbons (Fsp3) is 1.00. The van der Waals surface area contributed by atoms with Crippen LogP contribution in [0.5, 0.6) is 0 Å². The van der Waals surface area contributed by atoms with E-state index in [-0.39, 0.29) is 6.54 Å². The highest BCUT2D eigenvalue weighted by molar-refractivity contribution is 7.69. The van der Waals surface area contributed by atoms with E-state index < -0.39 is 26.7 Å². The fourth-order valence-electron chi connectivity index (χ4n) is 1.74. The van der Waals surface area contributed by atoms with Crippen LogP contribution in [0.25, 0.3) is 0 Å². The molecule has 0 spiro atoms. The van der Waals surface area contributed by atoms with Crippen molar-refractivity contribution in [1.82, 2.24) is 4.90 Å². The second kappa shape index (κ2) is 5.07. The van der Waals surface area contributed by atoms with Crippen molar-refractivity contribution >= 4 is 15.2 Å². The zero-order valence-corrected chi connectivity index (χ0v) is 10.8. The quantitative estimate of drug-likeness (QED) is 0.523. The van der Waals surface area contributed by atoms with Gasteiger partial charge in [-0.2, -0.15) is 0 Å². The maximum Gasteiger partial charge on any atom is 0.118 e. The van der Waals surface area contributed by atoms with Crippen molar-refractivity contribution in [2.45, 2.75) is 24.3 Å². The third-order valence-corrected chi connectivity index (χ3v) is 6.51. The lowest BCUT2D eigenvalue weighted by Gasteiger charge is -2.56. The number of nitrogens with zero attached hydrogens (tertiary/aromatic N) is 1. The molecule has 1 heterocycles. The zero-order valence-electron chi connectivity index (χ0n) is 8.98. The Morgan fingerprint density at radius 2 is 1.47 bits per heavy atom. The first-order chi connectivity index (χ1) is 7.58. The summed E-state index contributed by atoms with van der Waals surface area (Å²) in [6, 6.07) is 0. The van der Waals surface area contributed by atoms with Crippen LogP contribution < -0.4 is 19.6 Å². The Kier molecular flexibility index (Phi) is 4.56. The van der Waals surface area contributed by atoms with Gasteiger partial charge in [0.1, 0.15) is 5.08 Å². The van der Waals surface area contributed by atoms with Crippen molar-refractivity contribution in [3.05, 3.63) is 0 Å². The lowest BCUT2D eigenvalue weighted by Crippen LogP contribution is -2.47. The molecule has 0 aromatic rings. The predicted molar refractivity (Wildman–Crippen MR) is 50.5 cm³/mol. The standard InChI is InChI=1S/C7H17NO7P2/c9-7(16(10,11)12,17(13,14)15)3-6-8-4-1-2-5-8/h9H,1-6H2,(H2,10,11,12)(H2,13,14,15)/p-4. The molecule has 102 valence electrons. The molecule has 1 aliphatic rings. The minimum atomic E-state index is -5.93. The number of likely N-dealkylation sites (tertiary alicyclic amines) is 1. The van der Waals surface area contributed by atoms with E-state index in [0.717, 1.165) is 12.8 Å².